The van der Waals surface area contributed by atoms with Gasteiger partial charge >= 0.3 is 0 Å². The first kappa shape index (κ1) is 17.4. The number of ether oxygens (including phenoxy) is 1. The molecule has 1 saturated heterocycles. The number of carbonyl (C=O) groups is 1. The van der Waals surface area contributed by atoms with Gasteiger partial charge in [0.25, 0.3) is 0 Å². The van der Waals surface area contributed by atoms with E-state index < -0.39 is 0 Å². The Kier molecular flexibility index (Phi) is 5.90. The zero-order valence-corrected chi connectivity index (χ0v) is 15.1. The van der Waals surface area contributed by atoms with Gasteiger partial charge in [-0.1, -0.05) is 17.7 Å². The molecule has 1 amide bonds. The fourth-order valence-corrected chi connectivity index (χ4v) is 3.78. The van der Waals surface area contributed by atoms with Crippen LogP contribution in [0.1, 0.15) is 43.2 Å². The zero-order valence-electron chi connectivity index (χ0n) is 15.1. The number of benzene rings is 1. The van der Waals surface area contributed by atoms with Crippen LogP contribution in [0.15, 0.2) is 18.2 Å². The monoisotopic (exact) mass is 330 g/mol. The first-order valence-corrected chi connectivity index (χ1v) is 9.33. The van der Waals surface area contributed by atoms with Gasteiger partial charge in [0.2, 0.25) is 5.91 Å². The molecule has 24 heavy (non-hydrogen) atoms. The second-order valence-electron chi connectivity index (χ2n) is 7.30. The van der Waals surface area contributed by atoms with E-state index in [0.29, 0.717) is 12.6 Å². The van der Waals surface area contributed by atoms with Gasteiger partial charge in [-0.25, -0.2) is 0 Å². The van der Waals surface area contributed by atoms with E-state index in [0.717, 1.165) is 44.6 Å². The Labute approximate surface area is 145 Å². The highest BCUT2D eigenvalue weighted by molar-refractivity contribution is 5.96. The lowest BCUT2D eigenvalue weighted by atomic mass is 9.99. The molecule has 0 radical (unpaired) electrons. The fourth-order valence-electron chi connectivity index (χ4n) is 3.78. The number of aryl methyl sites for hydroxylation is 2. The lowest BCUT2D eigenvalue weighted by molar-refractivity contribution is -0.119. The molecule has 2 aliphatic heterocycles. The van der Waals surface area contributed by atoms with Crippen LogP contribution in [0.3, 0.4) is 0 Å². The second kappa shape index (κ2) is 8.13. The van der Waals surface area contributed by atoms with Crippen LogP contribution in [0.5, 0.6) is 0 Å². The third-order valence-electron chi connectivity index (χ3n) is 5.17. The van der Waals surface area contributed by atoms with Crippen molar-refractivity contribution in [1.82, 2.24) is 4.90 Å². The van der Waals surface area contributed by atoms with Crippen LogP contribution in [0.2, 0.25) is 0 Å². The number of amides is 1. The first-order valence-electron chi connectivity index (χ1n) is 9.33. The predicted molar refractivity (Wildman–Crippen MR) is 97.6 cm³/mol. The molecule has 0 aliphatic carbocycles. The van der Waals surface area contributed by atoms with Crippen LogP contribution >= 0.6 is 0 Å². The summed E-state index contributed by atoms with van der Waals surface area (Å²) in [6, 6.07) is 6.44. The van der Waals surface area contributed by atoms with E-state index in [1.165, 1.54) is 30.4 Å². The standard InChI is InChI=1S/C20H30N2O2/c1-16-8-9-19-17(14-16)6-5-11-22(19)20(23)15-21(2)12-10-18-7-3-4-13-24-18/h8-9,14,18H,3-7,10-13,15H2,1-2H3. The molecule has 0 aromatic heterocycles. The molecule has 4 nitrogen and oxygen atoms in total. The third kappa shape index (κ3) is 4.37. The van der Waals surface area contributed by atoms with E-state index in [1.807, 2.05) is 11.9 Å². The summed E-state index contributed by atoms with van der Waals surface area (Å²) in [4.78, 5) is 16.9. The van der Waals surface area contributed by atoms with Crippen LogP contribution < -0.4 is 4.90 Å². The van der Waals surface area contributed by atoms with Crippen LogP contribution in [-0.2, 0) is 16.0 Å². The van der Waals surface area contributed by atoms with E-state index in [4.69, 9.17) is 4.74 Å². The lowest BCUT2D eigenvalue weighted by Crippen LogP contribution is -2.42. The zero-order chi connectivity index (χ0) is 16.9. The van der Waals surface area contributed by atoms with Crippen molar-refractivity contribution in [3.63, 3.8) is 0 Å². The molecule has 1 aromatic rings. The summed E-state index contributed by atoms with van der Waals surface area (Å²) in [6.45, 7) is 5.26. The maximum Gasteiger partial charge on any atom is 0.241 e. The van der Waals surface area contributed by atoms with E-state index in [1.54, 1.807) is 0 Å². The number of hydrogen-bond acceptors (Lipinski definition) is 3. The highest BCUT2D eigenvalue weighted by Gasteiger charge is 2.23. The molecule has 0 spiro atoms. The Hall–Kier alpha value is -1.39. The summed E-state index contributed by atoms with van der Waals surface area (Å²) < 4.78 is 5.79. The molecule has 1 aromatic carbocycles. The molecule has 0 bridgehead atoms. The summed E-state index contributed by atoms with van der Waals surface area (Å²) in [5.41, 5.74) is 3.70. The Morgan fingerprint density at radius 1 is 1.33 bits per heavy atom. The van der Waals surface area contributed by atoms with Crippen molar-refractivity contribution in [2.24, 2.45) is 0 Å². The van der Waals surface area contributed by atoms with Gasteiger partial charge in [-0.2, -0.15) is 0 Å². The highest BCUT2D eigenvalue weighted by atomic mass is 16.5. The Bertz CT molecular complexity index is 567. The number of likely N-dealkylation sites (N-methyl/N-ethyl adjacent to an activating group) is 1. The number of hydrogen-bond donors (Lipinski definition) is 0. The molecular weight excluding hydrogens is 300 g/mol. The molecule has 2 aliphatic rings. The Balaban J connectivity index is 1.53. The predicted octanol–water partition coefficient (Wildman–Crippen LogP) is 3.17. The smallest absolute Gasteiger partial charge is 0.241 e. The van der Waals surface area contributed by atoms with E-state index in [-0.39, 0.29) is 5.91 Å². The molecule has 1 atom stereocenters. The van der Waals surface area contributed by atoms with E-state index in [9.17, 15) is 4.79 Å². The van der Waals surface area contributed by atoms with Gasteiger partial charge < -0.3 is 9.64 Å². The average molecular weight is 330 g/mol. The van der Waals surface area contributed by atoms with Crippen LogP contribution in [0, 0.1) is 6.92 Å². The second-order valence-corrected chi connectivity index (χ2v) is 7.30. The van der Waals surface area contributed by atoms with Crippen LogP contribution in [0.25, 0.3) is 0 Å². The first-order chi connectivity index (χ1) is 11.6. The van der Waals surface area contributed by atoms with Gasteiger partial charge in [0.05, 0.1) is 12.6 Å². The number of fused-ring (bicyclic) bond motifs is 1. The SMILES string of the molecule is Cc1ccc2c(c1)CCCN2C(=O)CN(C)CCC1CCCCO1. The molecule has 1 fully saturated rings. The number of rotatable bonds is 5. The summed E-state index contributed by atoms with van der Waals surface area (Å²) in [5.74, 6) is 0.215. The van der Waals surface area contributed by atoms with Gasteiger partial charge in [-0.3, -0.25) is 9.69 Å². The lowest BCUT2D eigenvalue weighted by Gasteiger charge is -2.31. The maximum absolute atomic E-state index is 12.8. The minimum absolute atomic E-state index is 0.215. The van der Waals surface area contributed by atoms with Gasteiger partial charge in [-0.05, 0) is 64.1 Å². The minimum Gasteiger partial charge on any atom is -0.378 e. The molecule has 1 unspecified atom stereocenters. The van der Waals surface area contributed by atoms with Crippen molar-refractivity contribution in [1.29, 1.82) is 0 Å². The largest absolute Gasteiger partial charge is 0.378 e. The average Bonchev–Trinajstić information content (AvgIpc) is 2.60. The van der Waals surface area contributed by atoms with Gasteiger partial charge in [-0.15, -0.1) is 0 Å². The number of carbonyl (C=O) groups excluding carboxylic acids is 1. The van der Waals surface area contributed by atoms with E-state index >= 15 is 0 Å². The quantitative estimate of drug-likeness (QED) is 0.831. The van der Waals surface area contributed by atoms with Crippen LogP contribution in [-0.4, -0.2) is 50.2 Å². The molecule has 132 valence electrons. The van der Waals surface area contributed by atoms with Crippen LogP contribution in [0.4, 0.5) is 5.69 Å². The number of nitrogens with zero attached hydrogens (tertiary/aromatic N) is 2. The summed E-state index contributed by atoms with van der Waals surface area (Å²) in [5, 5.41) is 0. The maximum atomic E-state index is 12.8. The molecule has 0 saturated carbocycles. The molecular formula is C20H30N2O2. The van der Waals surface area contributed by atoms with Gasteiger partial charge in [0.15, 0.2) is 0 Å². The molecule has 3 rings (SSSR count). The Morgan fingerprint density at radius 2 is 2.21 bits per heavy atom. The normalized spacial score (nSPS) is 21.0. The summed E-state index contributed by atoms with van der Waals surface area (Å²) in [6.07, 6.45) is 7.18. The summed E-state index contributed by atoms with van der Waals surface area (Å²) >= 11 is 0. The molecule has 2 heterocycles. The van der Waals surface area contributed by atoms with Crippen molar-refractivity contribution in [2.45, 2.75) is 51.6 Å². The number of anilines is 1. The molecule has 4 heteroatoms. The molecule has 0 N–H and O–H groups in total. The van der Waals surface area contributed by atoms with Crippen molar-refractivity contribution in [2.75, 3.05) is 38.2 Å². The van der Waals surface area contributed by atoms with Crippen molar-refractivity contribution in [3.05, 3.63) is 29.3 Å². The van der Waals surface area contributed by atoms with Gasteiger partial charge in [0, 0.05) is 25.4 Å². The van der Waals surface area contributed by atoms with E-state index in [2.05, 4.69) is 30.0 Å². The van der Waals surface area contributed by atoms with Gasteiger partial charge in [0.1, 0.15) is 0 Å². The van der Waals surface area contributed by atoms with Crippen molar-refractivity contribution < 1.29 is 9.53 Å². The van der Waals surface area contributed by atoms with Crippen molar-refractivity contribution in [3.8, 4) is 0 Å². The summed E-state index contributed by atoms with van der Waals surface area (Å²) in [7, 11) is 2.04. The minimum atomic E-state index is 0.215. The van der Waals surface area contributed by atoms with Crippen molar-refractivity contribution >= 4 is 11.6 Å². The topological polar surface area (TPSA) is 32.8 Å². The highest BCUT2D eigenvalue weighted by Crippen LogP contribution is 2.28. The Morgan fingerprint density at radius 3 is 3.00 bits per heavy atom. The fraction of sp³-hybridized carbons (Fsp3) is 0.650. The third-order valence-corrected chi connectivity index (χ3v) is 5.17.